The summed E-state index contributed by atoms with van der Waals surface area (Å²) in [6, 6.07) is 16.1. The van der Waals surface area contributed by atoms with Crippen molar-refractivity contribution < 1.29 is 9.53 Å². The summed E-state index contributed by atoms with van der Waals surface area (Å²) in [7, 11) is 0. The second-order valence-electron chi connectivity index (χ2n) is 8.62. The predicted molar refractivity (Wildman–Crippen MR) is 125 cm³/mol. The van der Waals surface area contributed by atoms with E-state index < -0.39 is 0 Å². The molecule has 3 heterocycles. The lowest BCUT2D eigenvalue weighted by Gasteiger charge is -2.36. The molecule has 0 unspecified atom stereocenters. The molecule has 3 aromatic rings. The Bertz CT molecular complexity index is 1130. The van der Waals surface area contributed by atoms with E-state index in [-0.39, 0.29) is 12.0 Å². The lowest BCUT2D eigenvalue weighted by Crippen LogP contribution is -2.49. The first-order valence-corrected chi connectivity index (χ1v) is 11.4. The van der Waals surface area contributed by atoms with Crippen molar-refractivity contribution in [2.24, 2.45) is 0 Å². The summed E-state index contributed by atoms with van der Waals surface area (Å²) in [5.74, 6) is -0.00411. The maximum atomic E-state index is 13.1. The highest BCUT2D eigenvalue weighted by Crippen LogP contribution is 2.28. The van der Waals surface area contributed by atoms with Crippen LogP contribution in [-0.2, 0) is 17.9 Å². The molecule has 6 nitrogen and oxygen atoms in total. The minimum atomic E-state index is -0.0938. The van der Waals surface area contributed by atoms with Gasteiger partial charge in [-0.3, -0.25) is 9.48 Å². The third kappa shape index (κ3) is 4.12. The first-order valence-electron chi connectivity index (χ1n) is 11.0. The number of ether oxygens (including phenoxy) is 1. The molecule has 1 aromatic heterocycles. The molecular formula is C25H27ClN4O2. The number of aromatic nitrogens is 2. The highest BCUT2D eigenvalue weighted by atomic mass is 35.5. The van der Waals surface area contributed by atoms with E-state index in [9.17, 15) is 4.79 Å². The Morgan fingerprint density at radius 1 is 1.03 bits per heavy atom. The Labute approximate surface area is 193 Å². The number of amides is 1. The Morgan fingerprint density at radius 2 is 1.78 bits per heavy atom. The van der Waals surface area contributed by atoms with Gasteiger partial charge in [-0.15, -0.1) is 0 Å². The lowest BCUT2D eigenvalue weighted by molar-refractivity contribution is -0.00121. The van der Waals surface area contributed by atoms with Crippen molar-refractivity contribution in [1.82, 2.24) is 14.7 Å². The van der Waals surface area contributed by atoms with E-state index in [0.29, 0.717) is 37.0 Å². The monoisotopic (exact) mass is 450 g/mol. The van der Waals surface area contributed by atoms with Crippen LogP contribution in [0.1, 0.15) is 39.0 Å². The number of rotatable bonds is 3. The zero-order valence-corrected chi connectivity index (χ0v) is 19.2. The van der Waals surface area contributed by atoms with Crippen LogP contribution in [0, 0.1) is 13.8 Å². The number of fused-ring (bicyclic) bond motifs is 1. The van der Waals surface area contributed by atoms with Crippen molar-refractivity contribution in [2.45, 2.75) is 33.1 Å². The fourth-order valence-electron chi connectivity index (χ4n) is 4.48. The third-order valence-electron chi connectivity index (χ3n) is 6.37. The average Bonchev–Trinajstić information content (AvgIpc) is 3.24. The predicted octanol–water partition coefficient (Wildman–Crippen LogP) is 4.39. The summed E-state index contributed by atoms with van der Waals surface area (Å²) < 4.78 is 7.92. The van der Waals surface area contributed by atoms with Crippen molar-refractivity contribution in [3.05, 3.63) is 81.6 Å². The van der Waals surface area contributed by atoms with E-state index in [1.54, 1.807) is 0 Å². The number of nitrogens with zero attached hydrogens (tertiary/aromatic N) is 4. The van der Waals surface area contributed by atoms with Gasteiger partial charge >= 0.3 is 0 Å². The van der Waals surface area contributed by atoms with E-state index in [1.807, 2.05) is 39.9 Å². The molecule has 0 aliphatic carbocycles. The molecule has 0 bridgehead atoms. The molecule has 1 fully saturated rings. The van der Waals surface area contributed by atoms with Gasteiger partial charge < -0.3 is 14.5 Å². The van der Waals surface area contributed by atoms with Gasteiger partial charge in [0.1, 0.15) is 6.10 Å². The molecule has 166 valence electrons. The zero-order valence-electron chi connectivity index (χ0n) is 18.4. The molecule has 0 N–H and O–H groups in total. The van der Waals surface area contributed by atoms with E-state index in [2.05, 4.69) is 42.0 Å². The Kier molecular flexibility index (Phi) is 5.66. The summed E-state index contributed by atoms with van der Waals surface area (Å²) in [5, 5.41) is 5.33. The van der Waals surface area contributed by atoms with Crippen molar-refractivity contribution >= 4 is 23.2 Å². The summed E-state index contributed by atoms with van der Waals surface area (Å²) in [6.45, 7) is 8.32. The second kappa shape index (κ2) is 8.60. The standard InChI is InChI=1S/C25H27ClN4O2/c1-17-3-4-18(2)23(13-17)28-9-11-29(12-10-28)25(31)22-14-21-16-32-24(15-30(21)27-22)19-5-7-20(26)8-6-19/h3-8,13-14,24H,9-12,15-16H2,1-2H3/t24-/m1/s1. The smallest absolute Gasteiger partial charge is 0.274 e. The van der Waals surface area contributed by atoms with Gasteiger partial charge in [-0.2, -0.15) is 5.10 Å². The average molecular weight is 451 g/mol. The van der Waals surface area contributed by atoms with Crippen LogP contribution in [0.25, 0.3) is 0 Å². The number of halogens is 1. The molecule has 2 aromatic carbocycles. The molecular weight excluding hydrogens is 424 g/mol. The minimum absolute atomic E-state index is 0.00411. The Hall–Kier alpha value is -2.83. The second-order valence-corrected chi connectivity index (χ2v) is 9.06. The normalized spacial score (nSPS) is 18.5. The number of anilines is 1. The van der Waals surface area contributed by atoms with Gasteiger partial charge in [0.15, 0.2) is 5.69 Å². The molecule has 32 heavy (non-hydrogen) atoms. The van der Waals surface area contributed by atoms with Gasteiger partial charge in [0.25, 0.3) is 5.91 Å². The van der Waals surface area contributed by atoms with E-state index in [0.717, 1.165) is 24.3 Å². The summed E-state index contributed by atoms with van der Waals surface area (Å²) in [6.07, 6.45) is -0.0938. The first-order chi connectivity index (χ1) is 15.5. The largest absolute Gasteiger partial charge is 0.368 e. The van der Waals surface area contributed by atoms with E-state index in [1.165, 1.54) is 16.8 Å². The zero-order chi connectivity index (χ0) is 22.2. The van der Waals surface area contributed by atoms with Crippen molar-refractivity contribution in [1.29, 1.82) is 0 Å². The maximum Gasteiger partial charge on any atom is 0.274 e. The molecule has 1 amide bonds. The van der Waals surface area contributed by atoms with Crippen LogP contribution in [0.15, 0.2) is 48.5 Å². The van der Waals surface area contributed by atoms with Crippen molar-refractivity contribution in [3.63, 3.8) is 0 Å². The number of hydrogen-bond acceptors (Lipinski definition) is 4. The van der Waals surface area contributed by atoms with Crippen molar-refractivity contribution in [2.75, 3.05) is 31.1 Å². The van der Waals surface area contributed by atoms with Crippen LogP contribution in [-0.4, -0.2) is 46.8 Å². The fraction of sp³-hybridized carbons (Fsp3) is 0.360. The number of aryl methyl sites for hydroxylation is 2. The Morgan fingerprint density at radius 3 is 2.53 bits per heavy atom. The number of carbonyl (C=O) groups is 1. The van der Waals surface area contributed by atoms with Gasteiger partial charge in [0.05, 0.1) is 18.8 Å². The number of piperazine rings is 1. The van der Waals surface area contributed by atoms with Gasteiger partial charge in [-0.1, -0.05) is 35.9 Å². The van der Waals surface area contributed by atoms with Crippen LogP contribution < -0.4 is 4.90 Å². The molecule has 0 radical (unpaired) electrons. The van der Waals surface area contributed by atoms with Crippen LogP contribution in [0.4, 0.5) is 5.69 Å². The topological polar surface area (TPSA) is 50.6 Å². The molecule has 0 spiro atoms. The molecule has 2 aliphatic heterocycles. The van der Waals surface area contributed by atoms with Crippen LogP contribution in [0.2, 0.25) is 5.02 Å². The number of benzene rings is 2. The number of carbonyl (C=O) groups excluding carboxylic acids is 1. The SMILES string of the molecule is Cc1ccc(C)c(N2CCN(C(=O)c3cc4n(n3)C[C@H](c3ccc(Cl)cc3)OC4)CC2)c1. The number of hydrogen-bond donors (Lipinski definition) is 0. The fourth-order valence-corrected chi connectivity index (χ4v) is 4.61. The van der Waals surface area contributed by atoms with E-state index in [4.69, 9.17) is 16.3 Å². The first kappa shape index (κ1) is 21.0. The Balaban J connectivity index is 1.25. The molecule has 2 aliphatic rings. The molecule has 7 heteroatoms. The van der Waals surface area contributed by atoms with Crippen LogP contribution in [0.5, 0.6) is 0 Å². The maximum absolute atomic E-state index is 13.1. The van der Waals surface area contributed by atoms with Crippen molar-refractivity contribution in [3.8, 4) is 0 Å². The highest BCUT2D eigenvalue weighted by molar-refractivity contribution is 6.30. The summed E-state index contributed by atoms with van der Waals surface area (Å²) in [4.78, 5) is 17.4. The van der Waals surface area contributed by atoms with Crippen LogP contribution in [0.3, 0.4) is 0 Å². The molecule has 1 saturated heterocycles. The molecule has 5 rings (SSSR count). The van der Waals surface area contributed by atoms with E-state index >= 15 is 0 Å². The summed E-state index contributed by atoms with van der Waals surface area (Å²) in [5.41, 5.74) is 6.29. The van der Waals surface area contributed by atoms with Gasteiger partial charge in [-0.25, -0.2) is 0 Å². The van der Waals surface area contributed by atoms with Gasteiger partial charge in [0, 0.05) is 36.9 Å². The molecule has 0 saturated carbocycles. The quantitative estimate of drug-likeness (QED) is 0.594. The summed E-state index contributed by atoms with van der Waals surface area (Å²) >= 11 is 6.00. The molecule has 1 atom stereocenters. The highest BCUT2D eigenvalue weighted by Gasteiger charge is 2.28. The third-order valence-corrected chi connectivity index (χ3v) is 6.62. The van der Waals surface area contributed by atoms with Gasteiger partial charge in [-0.05, 0) is 54.8 Å². The lowest BCUT2D eigenvalue weighted by atomic mass is 10.1. The minimum Gasteiger partial charge on any atom is -0.368 e. The van der Waals surface area contributed by atoms with Crippen LogP contribution >= 0.6 is 11.6 Å². The van der Waals surface area contributed by atoms with Gasteiger partial charge in [0.2, 0.25) is 0 Å².